The monoisotopic (exact) mass is 478 g/mol. The number of anilines is 5. The molecule has 0 saturated heterocycles. The molecule has 0 aliphatic heterocycles. The van der Waals surface area contributed by atoms with E-state index in [1.165, 1.54) is 23.1 Å². The van der Waals surface area contributed by atoms with E-state index in [0.29, 0.717) is 5.69 Å². The molecule has 0 aromatic heterocycles. The molecule has 2 amide bonds. The maximum atomic E-state index is 13.1. The molecule has 13 heteroatoms. The number of carbonyl (C=O) groups excluding carboxylic acids is 1. The lowest BCUT2D eigenvalue weighted by Gasteiger charge is -2.24. The third kappa shape index (κ3) is 4.97. The second-order valence-corrected chi connectivity index (χ2v) is 9.31. The Hall–Kier alpha value is -3.65. The first kappa shape index (κ1) is 23.0. The van der Waals surface area contributed by atoms with Crippen molar-refractivity contribution in [3.8, 4) is 0 Å². The number of para-hydroxylation sites is 1. The Morgan fingerprint density at radius 1 is 0.750 bits per heavy atom. The highest BCUT2D eigenvalue weighted by atomic mass is 32.2. The van der Waals surface area contributed by atoms with Gasteiger partial charge in [0.2, 0.25) is 0 Å². The summed E-state index contributed by atoms with van der Waals surface area (Å²) < 4.78 is 63.9. The molecule has 3 aromatic carbocycles. The topological polar surface area (TPSA) is 193 Å². The average molecular weight is 479 g/mol. The first-order valence-electron chi connectivity index (χ1n) is 8.78. The quantitative estimate of drug-likeness (QED) is 0.271. The minimum absolute atomic E-state index is 0.128. The van der Waals surface area contributed by atoms with Crippen molar-refractivity contribution in [1.29, 1.82) is 0 Å². The van der Waals surface area contributed by atoms with Crippen LogP contribution in [0.1, 0.15) is 0 Å². The van der Waals surface area contributed by atoms with Crippen LogP contribution in [0.25, 0.3) is 0 Å². The molecule has 0 saturated carbocycles. The van der Waals surface area contributed by atoms with Crippen molar-refractivity contribution in [2.75, 3.05) is 21.7 Å². The molecule has 0 unspecified atom stereocenters. The number of nitrogens with two attached hydrogens (primary N) is 2. The van der Waals surface area contributed by atoms with Crippen LogP contribution in [0, 0.1) is 0 Å². The third-order valence-corrected chi connectivity index (χ3v) is 6.14. The van der Waals surface area contributed by atoms with E-state index in [1.54, 1.807) is 30.3 Å². The normalized spacial score (nSPS) is 11.7. The van der Waals surface area contributed by atoms with Gasteiger partial charge in [-0.1, -0.05) is 18.2 Å². The van der Waals surface area contributed by atoms with E-state index in [9.17, 15) is 26.2 Å². The largest absolute Gasteiger partial charge is 0.398 e. The fourth-order valence-electron chi connectivity index (χ4n) is 2.91. The van der Waals surface area contributed by atoms with Crippen LogP contribution in [0.3, 0.4) is 0 Å². The van der Waals surface area contributed by atoms with Gasteiger partial charge in [-0.25, -0.2) is 4.79 Å². The SMILES string of the molecule is Nc1cc(NC(=O)N(c2ccccc2)c2ccc(S(=O)(=O)O)c(N)c2)ccc1S(=O)(=O)O. The Morgan fingerprint density at radius 3 is 1.78 bits per heavy atom. The Balaban J connectivity index is 2.02. The lowest BCUT2D eigenvalue weighted by molar-refractivity contribution is 0.259. The zero-order valence-electron chi connectivity index (χ0n) is 16.2. The standard InChI is InChI=1S/C19H18N4O7S2/c20-15-10-12(6-8-17(15)31(25,26)27)22-19(24)23(13-4-2-1-3-5-13)14-7-9-18(16(21)11-14)32(28,29)30/h1-11H,20-21H2,(H,22,24)(H,25,26,27)(H,28,29,30). The second-order valence-electron chi connectivity index (χ2n) is 6.53. The lowest BCUT2D eigenvalue weighted by Crippen LogP contribution is -2.31. The van der Waals surface area contributed by atoms with E-state index in [4.69, 9.17) is 16.0 Å². The molecule has 0 bridgehead atoms. The van der Waals surface area contributed by atoms with Gasteiger partial charge in [0.05, 0.1) is 22.7 Å². The van der Waals surface area contributed by atoms with Gasteiger partial charge >= 0.3 is 6.03 Å². The summed E-state index contributed by atoms with van der Waals surface area (Å²) in [6.45, 7) is 0. The first-order chi connectivity index (χ1) is 14.9. The molecule has 3 aromatic rings. The van der Waals surface area contributed by atoms with Crippen LogP contribution in [-0.2, 0) is 20.2 Å². The van der Waals surface area contributed by atoms with Crippen LogP contribution in [0.15, 0.2) is 76.5 Å². The molecule has 0 atom stereocenters. The maximum Gasteiger partial charge on any atom is 0.330 e. The molecule has 32 heavy (non-hydrogen) atoms. The summed E-state index contributed by atoms with van der Waals surface area (Å²) in [6.07, 6.45) is 0. The minimum Gasteiger partial charge on any atom is -0.398 e. The number of nitrogen functional groups attached to an aromatic ring is 2. The summed E-state index contributed by atoms with van der Waals surface area (Å²) in [7, 11) is -9.09. The van der Waals surface area contributed by atoms with E-state index in [0.717, 1.165) is 18.2 Å². The van der Waals surface area contributed by atoms with E-state index in [1.807, 2.05) is 0 Å². The fourth-order valence-corrected chi connectivity index (χ4v) is 4.10. The number of amides is 2. The molecule has 0 spiro atoms. The molecule has 0 radical (unpaired) electrons. The average Bonchev–Trinajstić information content (AvgIpc) is 2.67. The van der Waals surface area contributed by atoms with Crippen molar-refractivity contribution in [1.82, 2.24) is 0 Å². The third-order valence-electron chi connectivity index (χ3n) is 4.29. The molecule has 0 aliphatic rings. The van der Waals surface area contributed by atoms with Crippen LogP contribution in [0.4, 0.5) is 33.2 Å². The van der Waals surface area contributed by atoms with Gasteiger partial charge in [-0.3, -0.25) is 14.0 Å². The van der Waals surface area contributed by atoms with Crippen molar-refractivity contribution in [3.63, 3.8) is 0 Å². The predicted octanol–water partition coefficient (Wildman–Crippen LogP) is 2.71. The fraction of sp³-hybridized carbons (Fsp3) is 0. The molecule has 11 nitrogen and oxygen atoms in total. The molecule has 0 aliphatic carbocycles. The smallest absolute Gasteiger partial charge is 0.330 e. The maximum absolute atomic E-state index is 13.1. The highest BCUT2D eigenvalue weighted by Crippen LogP contribution is 2.31. The summed E-state index contributed by atoms with van der Waals surface area (Å²) in [5.74, 6) is 0. The van der Waals surface area contributed by atoms with Crippen molar-refractivity contribution < 1.29 is 30.7 Å². The Kier molecular flexibility index (Phi) is 6.09. The molecule has 3 rings (SSSR count). The molecule has 0 heterocycles. The number of carbonyl (C=O) groups is 1. The number of urea groups is 1. The number of nitrogens with one attached hydrogen (secondary N) is 1. The number of hydrogen-bond acceptors (Lipinski definition) is 7. The van der Waals surface area contributed by atoms with Gasteiger partial charge in [0, 0.05) is 5.69 Å². The van der Waals surface area contributed by atoms with E-state index < -0.39 is 36.1 Å². The van der Waals surface area contributed by atoms with Crippen LogP contribution in [0.2, 0.25) is 0 Å². The number of nitrogens with zero attached hydrogens (tertiary/aromatic N) is 1. The Bertz CT molecular complexity index is 1390. The van der Waals surface area contributed by atoms with Crippen LogP contribution >= 0.6 is 0 Å². The van der Waals surface area contributed by atoms with E-state index >= 15 is 0 Å². The van der Waals surface area contributed by atoms with Gasteiger partial charge in [-0.05, 0) is 48.5 Å². The van der Waals surface area contributed by atoms with Gasteiger partial charge in [-0.2, -0.15) is 16.8 Å². The zero-order valence-corrected chi connectivity index (χ0v) is 17.8. The van der Waals surface area contributed by atoms with Gasteiger partial charge in [-0.15, -0.1) is 0 Å². The summed E-state index contributed by atoms with van der Waals surface area (Å²) in [4.78, 5) is 13.3. The minimum atomic E-state index is -4.56. The van der Waals surface area contributed by atoms with Crippen molar-refractivity contribution in [2.24, 2.45) is 0 Å². The van der Waals surface area contributed by atoms with Crippen molar-refractivity contribution >= 4 is 54.7 Å². The van der Waals surface area contributed by atoms with Crippen LogP contribution in [0.5, 0.6) is 0 Å². The Labute approximate surface area is 183 Å². The first-order valence-corrected chi connectivity index (χ1v) is 11.7. The second kappa shape index (κ2) is 8.47. The molecule has 7 N–H and O–H groups in total. The van der Waals surface area contributed by atoms with Crippen molar-refractivity contribution in [2.45, 2.75) is 9.79 Å². The van der Waals surface area contributed by atoms with Gasteiger partial charge in [0.15, 0.2) is 0 Å². The van der Waals surface area contributed by atoms with Gasteiger partial charge < -0.3 is 16.8 Å². The highest BCUT2D eigenvalue weighted by molar-refractivity contribution is 7.86. The summed E-state index contributed by atoms with van der Waals surface area (Å²) >= 11 is 0. The highest BCUT2D eigenvalue weighted by Gasteiger charge is 2.22. The number of benzene rings is 3. The Morgan fingerprint density at radius 2 is 1.28 bits per heavy atom. The molecular formula is C19H18N4O7S2. The summed E-state index contributed by atoms with van der Waals surface area (Å²) in [5, 5.41) is 2.54. The zero-order chi connectivity index (χ0) is 23.7. The predicted molar refractivity (Wildman–Crippen MR) is 119 cm³/mol. The lowest BCUT2D eigenvalue weighted by atomic mass is 10.2. The van der Waals surface area contributed by atoms with Gasteiger partial charge in [0.1, 0.15) is 9.79 Å². The number of rotatable bonds is 5. The molecule has 0 fully saturated rings. The molecule has 168 valence electrons. The molecular weight excluding hydrogens is 460 g/mol. The van der Waals surface area contributed by atoms with Crippen LogP contribution in [-0.4, -0.2) is 32.0 Å². The summed E-state index contributed by atoms with van der Waals surface area (Å²) in [6, 6.07) is 14.5. The van der Waals surface area contributed by atoms with Gasteiger partial charge in [0.25, 0.3) is 20.2 Å². The van der Waals surface area contributed by atoms with E-state index in [2.05, 4.69) is 5.32 Å². The number of hydrogen-bond donors (Lipinski definition) is 5. The van der Waals surface area contributed by atoms with Crippen LogP contribution < -0.4 is 21.7 Å². The van der Waals surface area contributed by atoms with E-state index in [-0.39, 0.29) is 22.7 Å². The summed E-state index contributed by atoms with van der Waals surface area (Å²) in [5.41, 5.74) is 11.6. The van der Waals surface area contributed by atoms with Crippen molar-refractivity contribution in [3.05, 3.63) is 66.7 Å².